The van der Waals surface area contributed by atoms with E-state index in [1.165, 1.54) is 0 Å². The Morgan fingerprint density at radius 3 is 1.36 bits per heavy atom. The summed E-state index contributed by atoms with van der Waals surface area (Å²) in [5.41, 5.74) is 6.20. The Kier molecular flexibility index (Phi) is 5.40. The van der Waals surface area contributed by atoms with Gasteiger partial charge in [-0.25, -0.2) is 19.3 Å². The molecule has 0 saturated heterocycles. The second kappa shape index (κ2) is 8.40. The van der Waals surface area contributed by atoms with Crippen molar-refractivity contribution in [3.05, 3.63) is 84.1 Å². The highest BCUT2D eigenvalue weighted by Crippen LogP contribution is 2.32. The summed E-state index contributed by atoms with van der Waals surface area (Å²) in [5, 5.41) is 9.85. The number of fused-ring (bicyclic) bond motifs is 2. The number of hydrogen-bond donors (Lipinski definition) is 0. The molecule has 0 saturated carbocycles. The van der Waals surface area contributed by atoms with Crippen LogP contribution in [0.25, 0.3) is 33.6 Å². The second-order valence-corrected chi connectivity index (χ2v) is 12.8. The average Bonchev–Trinajstić information content (AvgIpc) is 3.65. The van der Waals surface area contributed by atoms with Gasteiger partial charge >= 0.3 is 0 Å². The van der Waals surface area contributed by atoms with E-state index >= 15 is 0 Å². The van der Waals surface area contributed by atoms with Gasteiger partial charge in [0.25, 0.3) is 0 Å². The van der Waals surface area contributed by atoms with Gasteiger partial charge in [-0.3, -0.25) is 0 Å². The van der Waals surface area contributed by atoms with Crippen molar-refractivity contribution in [2.45, 2.75) is 71.6 Å². The molecule has 8 heteroatoms. The Morgan fingerprint density at radius 2 is 0.974 bits per heavy atom. The Bertz CT molecular complexity index is 1680. The van der Waals surface area contributed by atoms with E-state index in [2.05, 4.69) is 55.4 Å². The molecule has 4 aromatic heterocycles. The fraction of sp³-hybridized carbons (Fsp3) is 0.355. The lowest BCUT2D eigenvalue weighted by Gasteiger charge is -2.19. The standard InChI is InChI=1S/C31H34N6O2/c1-29(2,3)27-32-21-17-19(9-11-23(21)38-27)36-15-13-25(34-36)31(7,8)26-14-16-37(35-26)20-10-12-24-22(18-20)33-28(39-24)30(4,5)6/h9-18H,1-8H3. The molecule has 200 valence electrons. The average molecular weight is 523 g/mol. The van der Waals surface area contributed by atoms with Crippen molar-refractivity contribution >= 4 is 22.2 Å². The summed E-state index contributed by atoms with van der Waals surface area (Å²) in [6.45, 7) is 16.8. The second-order valence-electron chi connectivity index (χ2n) is 12.8. The summed E-state index contributed by atoms with van der Waals surface area (Å²) in [4.78, 5) is 9.41. The van der Waals surface area contributed by atoms with Gasteiger partial charge < -0.3 is 8.83 Å². The maximum absolute atomic E-state index is 5.96. The number of rotatable bonds is 4. The summed E-state index contributed by atoms with van der Waals surface area (Å²) in [5.74, 6) is 1.45. The van der Waals surface area contributed by atoms with E-state index < -0.39 is 5.41 Å². The molecule has 0 atom stereocenters. The van der Waals surface area contributed by atoms with E-state index in [0.717, 1.165) is 56.7 Å². The molecule has 0 spiro atoms. The molecule has 0 N–H and O–H groups in total. The number of oxazole rings is 2. The summed E-state index contributed by atoms with van der Waals surface area (Å²) in [6, 6.07) is 16.0. The minimum Gasteiger partial charge on any atom is -0.440 e. The van der Waals surface area contributed by atoms with Crippen LogP contribution in [0.5, 0.6) is 0 Å². The zero-order valence-corrected chi connectivity index (χ0v) is 23.8. The van der Waals surface area contributed by atoms with Gasteiger partial charge in [-0.1, -0.05) is 41.5 Å². The van der Waals surface area contributed by atoms with Crippen molar-refractivity contribution < 1.29 is 8.83 Å². The molecule has 4 heterocycles. The molecule has 0 fully saturated rings. The van der Waals surface area contributed by atoms with Crippen molar-refractivity contribution in [1.82, 2.24) is 29.5 Å². The zero-order valence-electron chi connectivity index (χ0n) is 23.8. The third-order valence-electron chi connectivity index (χ3n) is 7.01. The maximum Gasteiger partial charge on any atom is 0.200 e. The van der Waals surface area contributed by atoms with Crippen LogP contribution >= 0.6 is 0 Å². The zero-order chi connectivity index (χ0) is 27.7. The van der Waals surface area contributed by atoms with Gasteiger partial charge in [0, 0.05) is 23.2 Å². The van der Waals surface area contributed by atoms with Crippen LogP contribution in [0.15, 0.2) is 69.8 Å². The molecule has 0 amide bonds. The molecule has 2 aromatic carbocycles. The van der Waals surface area contributed by atoms with Crippen LogP contribution in [-0.2, 0) is 16.2 Å². The van der Waals surface area contributed by atoms with Crippen molar-refractivity contribution in [3.63, 3.8) is 0 Å². The molecular weight excluding hydrogens is 488 g/mol. The van der Waals surface area contributed by atoms with Gasteiger partial charge in [-0.15, -0.1) is 0 Å². The quantitative estimate of drug-likeness (QED) is 0.242. The number of hydrogen-bond acceptors (Lipinski definition) is 6. The van der Waals surface area contributed by atoms with Gasteiger partial charge in [0.2, 0.25) is 11.8 Å². The predicted octanol–water partition coefficient (Wildman–Crippen LogP) is 7.26. The Labute approximate surface area is 227 Å². The molecule has 6 aromatic rings. The first-order valence-electron chi connectivity index (χ1n) is 13.2. The highest BCUT2D eigenvalue weighted by Gasteiger charge is 2.29. The Morgan fingerprint density at radius 1 is 0.564 bits per heavy atom. The largest absolute Gasteiger partial charge is 0.440 e. The van der Waals surface area contributed by atoms with Gasteiger partial charge in [-0.2, -0.15) is 10.2 Å². The smallest absolute Gasteiger partial charge is 0.200 e. The van der Waals surface area contributed by atoms with Crippen LogP contribution in [0.3, 0.4) is 0 Å². The van der Waals surface area contributed by atoms with Crippen molar-refractivity contribution in [2.75, 3.05) is 0 Å². The van der Waals surface area contributed by atoms with Crippen molar-refractivity contribution in [3.8, 4) is 11.4 Å². The molecule has 0 unspecified atom stereocenters. The van der Waals surface area contributed by atoms with Crippen LogP contribution < -0.4 is 0 Å². The highest BCUT2D eigenvalue weighted by molar-refractivity contribution is 5.76. The molecule has 6 rings (SSSR count). The molecule has 39 heavy (non-hydrogen) atoms. The molecular formula is C31H34N6O2. The first-order valence-corrected chi connectivity index (χ1v) is 13.2. The summed E-state index contributed by atoms with van der Waals surface area (Å²) in [6.07, 6.45) is 3.95. The van der Waals surface area contributed by atoms with E-state index in [4.69, 9.17) is 29.0 Å². The Hall–Kier alpha value is -4.20. The van der Waals surface area contributed by atoms with E-state index in [1.807, 2.05) is 70.3 Å². The number of aromatic nitrogens is 6. The van der Waals surface area contributed by atoms with Crippen LogP contribution in [-0.4, -0.2) is 29.5 Å². The molecule has 0 radical (unpaired) electrons. The van der Waals surface area contributed by atoms with E-state index in [1.54, 1.807) is 0 Å². The first-order chi connectivity index (χ1) is 18.3. The van der Waals surface area contributed by atoms with Gasteiger partial charge in [-0.05, 0) is 62.4 Å². The number of nitrogens with zero attached hydrogens (tertiary/aromatic N) is 6. The van der Waals surface area contributed by atoms with Gasteiger partial charge in [0.1, 0.15) is 11.0 Å². The SMILES string of the molecule is CC(C)(C)c1nc2cc(-n3ccc(C(C)(C)c4ccn(-c5ccc6oc(C(C)(C)C)nc6c5)n4)n3)ccc2o1. The molecule has 8 nitrogen and oxygen atoms in total. The fourth-order valence-electron chi connectivity index (χ4n) is 4.49. The molecule has 0 bridgehead atoms. The van der Waals surface area contributed by atoms with E-state index in [9.17, 15) is 0 Å². The third-order valence-corrected chi connectivity index (χ3v) is 7.01. The first kappa shape index (κ1) is 25.1. The highest BCUT2D eigenvalue weighted by atomic mass is 16.4. The summed E-state index contributed by atoms with van der Waals surface area (Å²) < 4.78 is 15.7. The molecule has 0 aliphatic carbocycles. The fourth-order valence-corrected chi connectivity index (χ4v) is 4.49. The minimum atomic E-state index is -0.411. The molecule has 0 aliphatic heterocycles. The predicted molar refractivity (Wildman–Crippen MR) is 152 cm³/mol. The van der Waals surface area contributed by atoms with Crippen LogP contribution in [0.1, 0.15) is 78.6 Å². The lowest BCUT2D eigenvalue weighted by Crippen LogP contribution is -2.21. The van der Waals surface area contributed by atoms with Crippen LogP contribution in [0.2, 0.25) is 0 Å². The van der Waals surface area contributed by atoms with E-state index in [0.29, 0.717) is 0 Å². The van der Waals surface area contributed by atoms with Crippen LogP contribution in [0, 0.1) is 0 Å². The van der Waals surface area contributed by atoms with Gasteiger partial charge in [0.15, 0.2) is 11.2 Å². The van der Waals surface area contributed by atoms with Crippen molar-refractivity contribution in [1.29, 1.82) is 0 Å². The minimum absolute atomic E-state index is 0.151. The Balaban J connectivity index is 1.28. The summed E-state index contributed by atoms with van der Waals surface area (Å²) in [7, 11) is 0. The normalized spacial score (nSPS) is 13.1. The van der Waals surface area contributed by atoms with Crippen LogP contribution in [0.4, 0.5) is 0 Å². The summed E-state index contributed by atoms with van der Waals surface area (Å²) >= 11 is 0. The number of benzene rings is 2. The van der Waals surface area contributed by atoms with Crippen molar-refractivity contribution in [2.24, 2.45) is 0 Å². The van der Waals surface area contributed by atoms with E-state index in [-0.39, 0.29) is 10.8 Å². The lowest BCUT2D eigenvalue weighted by molar-refractivity contribution is 0.411. The third kappa shape index (κ3) is 4.43. The monoisotopic (exact) mass is 522 g/mol. The maximum atomic E-state index is 5.96. The molecule has 0 aliphatic rings. The topological polar surface area (TPSA) is 87.7 Å². The lowest BCUT2D eigenvalue weighted by atomic mass is 9.86. The van der Waals surface area contributed by atoms with Gasteiger partial charge in [0.05, 0.1) is 28.2 Å².